The van der Waals surface area contributed by atoms with Crippen LogP contribution < -0.4 is 32.3 Å². The predicted molar refractivity (Wildman–Crippen MR) is 512 cm³/mol. The minimum absolute atomic E-state index is 0.000582. The highest BCUT2D eigenvalue weighted by molar-refractivity contribution is 5.89. The number of carboxylic acids is 1. The predicted octanol–water partition coefficient (Wildman–Crippen LogP) is 6.03. The normalized spacial score (nSPS) is 32.8. The van der Waals surface area contributed by atoms with E-state index in [0.29, 0.717) is 32.1 Å². The number of ether oxygens (including phenoxy) is 18. The van der Waals surface area contributed by atoms with Gasteiger partial charge < -0.3 is 173 Å². The van der Waals surface area contributed by atoms with Gasteiger partial charge in [-0.25, -0.2) is 33.6 Å². The highest BCUT2D eigenvalue weighted by Gasteiger charge is 2.59. The lowest BCUT2D eigenvalue weighted by molar-refractivity contribution is -0.287. The van der Waals surface area contributed by atoms with E-state index in [9.17, 15) is 79.2 Å². The van der Waals surface area contributed by atoms with Gasteiger partial charge in [0, 0.05) is 6.04 Å². The quantitative estimate of drug-likeness (QED) is 0.0191. The van der Waals surface area contributed by atoms with E-state index < -0.39 is 249 Å². The van der Waals surface area contributed by atoms with Gasteiger partial charge in [-0.3, -0.25) is 4.79 Å². The molecule has 14 rings (SSSR count). The molecule has 8 aliphatic heterocycles. The number of carboxylic acid groups (broad SMARTS) is 1. The average molecular weight is 2040 g/mol. The van der Waals surface area contributed by atoms with E-state index in [1.807, 2.05) is 162 Å². The molecule has 8 heterocycles. The van der Waals surface area contributed by atoms with Crippen LogP contribution in [0.3, 0.4) is 0 Å². The molecular formula is C102H142N8O35. The molecule has 43 nitrogen and oxygen atoms in total. The van der Waals surface area contributed by atoms with Crippen molar-refractivity contribution in [2.45, 2.75) is 342 Å². The summed E-state index contributed by atoms with van der Waals surface area (Å²) in [5.41, 5.74) is 4.33. The van der Waals surface area contributed by atoms with Gasteiger partial charge in [-0.15, -0.1) is 0 Å². The summed E-state index contributed by atoms with van der Waals surface area (Å²) in [4.78, 5) is 103. The largest absolute Gasteiger partial charge is 0.479 e. The third-order valence-electron chi connectivity index (χ3n) is 25.6. The number of likely N-dealkylation sites (tertiary alicyclic amines) is 2. The molecule has 0 radical (unpaired) electrons. The molecule has 4 aromatic rings. The van der Waals surface area contributed by atoms with Crippen molar-refractivity contribution in [2.75, 3.05) is 39.4 Å². The van der Waals surface area contributed by atoms with E-state index in [-0.39, 0.29) is 77.2 Å². The molecule has 4 saturated heterocycles. The van der Waals surface area contributed by atoms with E-state index in [2.05, 4.69) is 26.6 Å². The summed E-state index contributed by atoms with van der Waals surface area (Å²) in [5, 5.41) is 111. The van der Waals surface area contributed by atoms with Crippen molar-refractivity contribution in [2.24, 2.45) is 17.6 Å². The minimum Gasteiger partial charge on any atom is -0.479 e. The van der Waals surface area contributed by atoms with Crippen molar-refractivity contribution in [1.29, 1.82) is 0 Å². The minimum atomic E-state index is -2.00. The van der Waals surface area contributed by atoms with Crippen molar-refractivity contribution in [3.8, 4) is 0 Å². The van der Waals surface area contributed by atoms with Gasteiger partial charge in [0.1, 0.15) is 117 Å². The van der Waals surface area contributed by atoms with E-state index in [4.69, 9.17) is 96.1 Å². The number of nitrogens with one attached hydrogen (secondary N) is 5. The summed E-state index contributed by atoms with van der Waals surface area (Å²) in [6.07, 6.45) is -11.7. The smallest absolute Gasteiger partial charge is 0.410 e. The zero-order valence-electron chi connectivity index (χ0n) is 83.4. The number of alkyl carbamates (subject to hydrolysis) is 4. The number of nitrogens with two attached hydrogens (primary N) is 1. The van der Waals surface area contributed by atoms with Crippen molar-refractivity contribution in [3.63, 3.8) is 0 Å². The fourth-order valence-corrected chi connectivity index (χ4v) is 17.6. The standard InChI is InChI=1S/C51H70N4O17.C42H57N3O13.C9H15NO5/c1-7-32-19-21-34(53-47(60)64-25-30-15-11-9-12-16-30)43(66-32)69-40-29(3)23-36(52-46(59)51(63)27-55(28-51)49(62)72-50(4,5)6)38(57)42(40)71-45-39(58)41(37(24-56)68-45)70-44-35(22-20-33(8-2)67-44)54-48(61)65-26-31-17-13-10-14-18-31;1-4-27-16-18-30(44-41(49)51-22-25-12-8-6-9-13-25)38(53-27)56-35-24(3)20-29(43)33(47)37(35)58-40-34(48)36(32(21-46)55-40)57-39-31(19-17-28(5-2)54-39)45-42(50)52-23-26-14-10-7-11-15-26;1-8(2,3)15-7(13)10-4-9(14,5-10)6(11)12/h9-22,29,32-45,56-58,63H,7-8,23-28H2,1-6H3,(H,52,59)(H,53,60)(H,54,61);6-19,24,27-40,46-48H,4-5,20-23,43H2,1-3H3,(H,44,49)(H,45,50);14H,4-5H2,1-3H3,(H,11,12)/t29-,32+,33-,34+,35+,36+,37+,38-,39+,40+,41+,42+,43+,44+,45-;24-,27+,28-,29+,30+,31+,32+,33-,34+,35+,36+,37+,38+,39+,40-;/m00./s1. The molecular weight excluding hydrogens is 1900 g/mol. The molecule has 0 unspecified atom stereocenters. The number of benzene rings is 4. The zero-order valence-corrected chi connectivity index (χ0v) is 83.4. The summed E-state index contributed by atoms with van der Waals surface area (Å²) in [6, 6.07) is 31.6. The van der Waals surface area contributed by atoms with Crippen LogP contribution in [0.4, 0.5) is 28.8 Å². The molecule has 2 saturated carbocycles. The first-order valence-corrected chi connectivity index (χ1v) is 49.2. The maximum absolute atomic E-state index is 13.8. The summed E-state index contributed by atoms with van der Waals surface area (Å²) in [5.74, 6) is -3.03. The maximum Gasteiger partial charge on any atom is 0.410 e. The Kier molecular flexibility index (Phi) is 40.6. The number of aliphatic hydroxyl groups is 8. The van der Waals surface area contributed by atoms with Crippen LogP contribution in [0.5, 0.6) is 0 Å². The molecule has 7 amide bonds. The zero-order chi connectivity index (χ0) is 105. The highest BCUT2D eigenvalue weighted by Crippen LogP contribution is 2.41. The average Bonchev–Trinajstić information content (AvgIpc) is 1.34. The summed E-state index contributed by atoms with van der Waals surface area (Å²) in [7, 11) is 0. The van der Waals surface area contributed by atoms with Gasteiger partial charge in [0.15, 0.2) is 48.9 Å². The Morgan fingerprint density at radius 1 is 0.379 bits per heavy atom. The Hall–Kier alpha value is -10.4. The molecule has 0 bridgehead atoms. The van der Waals surface area contributed by atoms with Crippen LogP contribution in [-0.4, -0.2) is 338 Å². The first-order chi connectivity index (χ1) is 69.1. The van der Waals surface area contributed by atoms with Crippen molar-refractivity contribution < 1.29 is 170 Å². The van der Waals surface area contributed by atoms with E-state index >= 15 is 0 Å². The number of aliphatic hydroxyl groups excluding tert-OH is 6. The molecule has 800 valence electrons. The number of nitrogens with zero attached hydrogens (tertiary/aromatic N) is 2. The van der Waals surface area contributed by atoms with Crippen molar-refractivity contribution in [3.05, 3.63) is 192 Å². The van der Waals surface area contributed by atoms with Crippen molar-refractivity contribution >= 4 is 48.4 Å². The second kappa shape index (κ2) is 51.9. The molecule has 4 aromatic carbocycles. The van der Waals surface area contributed by atoms with Gasteiger partial charge in [0.2, 0.25) is 0 Å². The summed E-state index contributed by atoms with van der Waals surface area (Å²) < 4.78 is 108. The van der Waals surface area contributed by atoms with Crippen LogP contribution in [0.25, 0.3) is 0 Å². The van der Waals surface area contributed by atoms with Crippen LogP contribution >= 0.6 is 0 Å². The lowest BCUT2D eigenvalue weighted by Crippen LogP contribution is -2.72. The maximum atomic E-state index is 13.8. The van der Waals surface area contributed by atoms with Gasteiger partial charge in [-0.1, -0.05) is 211 Å². The molecule has 2 aliphatic carbocycles. The topological polar surface area (TPSA) is 577 Å². The number of β-amino-alcohol motifs (C(OH)–C–C–N with tert-alkyl or cyclic N) is 2. The molecule has 16 N–H and O–H groups in total. The number of amides is 7. The molecule has 0 aromatic heterocycles. The fraction of sp³-hybridized carbons (Fsp3) is 0.608. The Bertz CT molecular complexity index is 4940. The number of hydrogen-bond acceptors (Lipinski definition) is 35. The molecule has 30 atom stereocenters. The van der Waals surface area contributed by atoms with Crippen molar-refractivity contribution in [1.82, 2.24) is 36.4 Å². The summed E-state index contributed by atoms with van der Waals surface area (Å²) >= 11 is 0. The van der Waals surface area contributed by atoms with Gasteiger partial charge in [0.05, 0.1) is 88.2 Å². The van der Waals surface area contributed by atoms with Gasteiger partial charge in [-0.05, 0) is 114 Å². The first-order valence-electron chi connectivity index (χ1n) is 49.2. The van der Waals surface area contributed by atoms with E-state index in [1.54, 1.807) is 91.0 Å². The number of rotatable bonds is 33. The van der Waals surface area contributed by atoms with Crippen LogP contribution in [0.15, 0.2) is 170 Å². The fourth-order valence-electron chi connectivity index (χ4n) is 17.6. The Morgan fingerprint density at radius 2 is 0.662 bits per heavy atom. The molecule has 145 heavy (non-hydrogen) atoms. The van der Waals surface area contributed by atoms with Crippen LogP contribution in [0.2, 0.25) is 0 Å². The lowest BCUT2D eigenvalue weighted by Gasteiger charge is -2.48. The Morgan fingerprint density at radius 3 is 0.952 bits per heavy atom. The number of aliphatic carboxylic acids is 1. The highest BCUT2D eigenvalue weighted by atomic mass is 16.8. The van der Waals surface area contributed by atoms with Gasteiger partial charge >= 0.3 is 42.5 Å². The van der Waals surface area contributed by atoms with Gasteiger partial charge in [-0.2, -0.15) is 0 Å². The molecule has 6 fully saturated rings. The molecule has 43 heteroatoms. The van der Waals surface area contributed by atoms with Crippen LogP contribution in [0.1, 0.15) is 144 Å². The third-order valence-corrected chi connectivity index (χ3v) is 25.6. The van der Waals surface area contributed by atoms with Gasteiger partial charge in [0.25, 0.3) is 5.91 Å². The second-order valence-corrected chi connectivity index (χ2v) is 39.5. The second-order valence-electron chi connectivity index (χ2n) is 39.5. The number of carbonyl (C=O) groups excluding carboxylic acids is 7. The summed E-state index contributed by atoms with van der Waals surface area (Å²) in [6.45, 7) is 19.3. The molecule has 0 spiro atoms. The number of carbonyl (C=O) groups is 8. The number of hydrogen-bond donors (Lipinski definition) is 15. The first kappa shape index (κ1) is 113. The SMILES string of the molecule is CC(C)(C)OC(=O)N1CC(O)(C(=O)O)C1.CC[C@H]1C=C[C@@H](NC(=O)OCc2ccccc2)[C@@H](O[C@H]2[C@@H](O)[C@H](O[C@@H]3[C@@H](O)[C@H](N)C[C@H](C)[C@H]3O[C@H]3O[C@H](CC)C=C[C@H]3NC(=O)OCc3ccccc3)O[C@@H]2CO)O1.CC[C@H]1C=C[C@@H](NC(=O)OCc2ccccc2)[C@@H](O[C@H]2[C@@H](O)[C@H](O[C@@H]3[C@@H](O)[C@H](NC(=O)C4(O)CN(C(=O)OC(C)(C)C)C4)C[C@H](C)[C@H]3O[C@H]3O[C@H](CC)C=C[C@H]3NC(=O)OCc3ccccc3)O[C@@H]2CO)O1. The Labute approximate surface area is 841 Å². The van der Waals surface area contributed by atoms with E-state index in [0.717, 1.165) is 27.2 Å². The Balaban J connectivity index is 0.000000229. The molecule has 10 aliphatic rings. The third kappa shape index (κ3) is 31.3. The van der Waals surface area contributed by atoms with Crippen LogP contribution in [-0.2, 0) is 121 Å². The lowest BCUT2D eigenvalue weighted by atomic mass is 9.79. The monoisotopic (exact) mass is 2040 g/mol. The van der Waals surface area contributed by atoms with E-state index in [1.165, 1.54) is 4.90 Å². The van der Waals surface area contributed by atoms with Crippen LogP contribution in [0, 0.1) is 11.8 Å².